The van der Waals surface area contributed by atoms with Gasteiger partial charge < -0.3 is 9.64 Å². The van der Waals surface area contributed by atoms with Gasteiger partial charge in [-0.3, -0.25) is 0 Å². The Kier molecular flexibility index (Phi) is 5.97. The van der Waals surface area contributed by atoms with Crippen molar-refractivity contribution < 1.29 is 45.1 Å². The maximum Gasteiger partial charge on any atom is 0.210 e. The van der Waals surface area contributed by atoms with E-state index in [1.54, 1.807) is 0 Å². The molecule has 5 heterocycles. The molecule has 0 atom stereocenters. The molecule has 0 amide bonds. The molecule has 5 aliphatic rings. The fourth-order valence-electron chi connectivity index (χ4n) is 7.37. The third-order valence-corrected chi connectivity index (χ3v) is 8.97. The minimum absolute atomic E-state index is 0. The Morgan fingerprint density at radius 3 is 2.47 bits per heavy atom. The first-order chi connectivity index (χ1) is 17.3. The van der Waals surface area contributed by atoms with Gasteiger partial charge in [0.1, 0.15) is 24.6 Å². The van der Waals surface area contributed by atoms with E-state index in [0.717, 1.165) is 47.8 Å². The van der Waals surface area contributed by atoms with Crippen molar-refractivity contribution in [2.75, 3.05) is 31.1 Å². The van der Waals surface area contributed by atoms with Crippen LogP contribution in [0.4, 0.5) is 5.69 Å². The van der Waals surface area contributed by atoms with Crippen molar-refractivity contribution in [1.82, 2.24) is 4.58 Å². The van der Waals surface area contributed by atoms with Gasteiger partial charge in [0, 0.05) is 83.1 Å². The van der Waals surface area contributed by atoms with Crippen LogP contribution in [0, 0.1) is 46.5 Å². The predicted molar refractivity (Wildman–Crippen MR) is 141 cm³/mol. The van der Waals surface area contributed by atoms with E-state index in [-0.39, 0.29) is 40.4 Å². The predicted octanol–water partition coefficient (Wildman–Crippen LogP) is 4.58. The van der Waals surface area contributed by atoms with Gasteiger partial charge in [-0.05, 0) is 59.9 Å². The summed E-state index contributed by atoms with van der Waals surface area (Å²) in [7, 11) is 0. The van der Waals surface area contributed by atoms with Crippen LogP contribution in [0.25, 0.3) is 5.57 Å². The Bertz CT molecular complexity index is 1540. The number of anilines is 1. The molecule has 0 aromatic heterocycles. The molecule has 0 aliphatic carbocycles. The van der Waals surface area contributed by atoms with Gasteiger partial charge >= 0.3 is 0 Å². The minimum atomic E-state index is 0. The van der Waals surface area contributed by atoms with Crippen molar-refractivity contribution in [1.29, 1.82) is 0 Å². The number of halogens is 1. The van der Waals surface area contributed by atoms with Crippen molar-refractivity contribution in [3.8, 4) is 11.5 Å². The number of nitrogens with zero attached hydrogens (tertiary/aromatic N) is 2. The Hall–Kier alpha value is -1.44. The minimum Gasteiger partial charge on any atom is -0.457 e. The van der Waals surface area contributed by atoms with E-state index in [1.165, 1.54) is 102 Å². The largest absolute Gasteiger partial charge is 0.457 e. The van der Waals surface area contributed by atoms with Gasteiger partial charge in [0.2, 0.25) is 5.36 Å². The fraction of sp³-hybridized carbons (Fsp3) is 0.387. The molecule has 0 saturated carbocycles. The third kappa shape index (κ3) is 3.48. The number of fused-ring (bicyclic) bond motifs is 4. The van der Waals surface area contributed by atoms with E-state index in [4.69, 9.17) is 16.3 Å². The Labute approximate surface area is 249 Å². The van der Waals surface area contributed by atoms with Gasteiger partial charge in [0.25, 0.3) is 0 Å². The SMILES string of the molecule is Clc1c[c-]c(C2=c3cc4c5c(c3Oc3c2cc2c6c3CCCN6CCC2)CCC[N+]=5CCC4)cc1.[Sm]. The van der Waals surface area contributed by atoms with E-state index in [9.17, 15) is 0 Å². The van der Waals surface area contributed by atoms with Crippen LogP contribution < -0.4 is 24.8 Å². The first-order valence-electron chi connectivity index (χ1n) is 13.4. The van der Waals surface area contributed by atoms with Crippen LogP contribution >= 0.6 is 11.6 Å². The van der Waals surface area contributed by atoms with Gasteiger partial charge in [-0.2, -0.15) is 0 Å². The molecular weight excluding hydrogens is 602 g/mol. The molecule has 0 spiro atoms. The molecule has 182 valence electrons. The number of benzene rings is 3. The van der Waals surface area contributed by atoms with Crippen molar-refractivity contribution in [2.45, 2.75) is 51.4 Å². The zero-order chi connectivity index (χ0) is 23.1. The van der Waals surface area contributed by atoms with Crippen molar-refractivity contribution in [3.63, 3.8) is 0 Å². The Balaban J connectivity index is 0.00000220. The topological polar surface area (TPSA) is 15.5 Å². The Morgan fingerprint density at radius 1 is 0.861 bits per heavy atom. The number of rotatable bonds is 1. The van der Waals surface area contributed by atoms with E-state index in [2.05, 4.69) is 33.7 Å². The van der Waals surface area contributed by atoms with E-state index in [1.807, 2.05) is 12.1 Å². The molecule has 3 aromatic rings. The summed E-state index contributed by atoms with van der Waals surface area (Å²) in [5.41, 5.74) is 11.0. The van der Waals surface area contributed by atoms with Crippen molar-refractivity contribution in [3.05, 3.63) is 85.4 Å². The van der Waals surface area contributed by atoms with Crippen LogP contribution in [0.5, 0.6) is 11.5 Å². The van der Waals surface area contributed by atoms with Crippen LogP contribution in [0.15, 0.2) is 30.3 Å². The summed E-state index contributed by atoms with van der Waals surface area (Å²) in [6.45, 7) is 4.69. The standard InChI is InChI=1S/C31H29ClN2O.Sm/c32-22-11-9-19(10-12-22)27-25-17-20-5-1-13-33-15-3-7-23(28(20)33)30(25)35-31-24-8-4-16-34-14-2-6-21(29(24)34)18-26(27)31;/h9,11-12,17-18H,1-8,13-16H2;. The molecular formula is C31H29ClN2OSm. The van der Waals surface area contributed by atoms with Gasteiger partial charge in [0.05, 0.1) is 5.56 Å². The zero-order valence-electron chi connectivity index (χ0n) is 20.5. The number of aryl methyl sites for hydroxylation is 2. The van der Waals surface area contributed by atoms with Crippen LogP contribution in [0.3, 0.4) is 0 Å². The van der Waals surface area contributed by atoms with E-state index >= 15 is 0 Å². The number of ether oxygens (including phenoxy) is 1. The first kappa shape index (κ1) is 23.7. The second kappa shape index (κ2) is 9.09. The fourth-order valence-corrected chi connectivity index (χ4v) is 7.48. The Morgan fingerprint density at radius 2 is 1.64 bits per heavy atom. The molecule has 5 aliphatic heterocycles. The number of hydrogen-bond acceptors (Lipinski definition) is 2. The summed E-state index contributed by atoms with van der Waals surface area (Å²) in [4.78, 5) is 2.61. The summed E-state index contributed by atoms with van der Waals surface area (Å²) in [5.74, 6) is 2.20. The van der Waals surface area contributed by atoms with Crippen molar-refractivity contribution in [2.24, 2.45) is 0 Å². The average Bonchev–Trinajstić information content (AvgIpc) is 2.89. The molecule has 0 fully saturated rings. The molecule has 8 rings (SSSR count). The molecule has 5 heteroatoms. The normalized spacial score (nSPS) is 18.9. The van der Waals surface area contributed by atoms with E-state index < -0.39 is 0 Å². The summed E-state index contributed by atoms with van der Waals surface area (Å²) < 4.78 is 9.69. The maximum atomic E-state index is 7.08. The van der Waals surface area contributed by atoms with Crippen LogP contribution in [-0.2, 0) is 25.7 Å². The quantitative estimate of drug-likeness (QED) is 0.226. The molecule has 0 N–H and O–H groups in total. The monoisotopic (exact) mass is 632 g/mol. The molecule has 3 nitrogen and oxygen atoms in total. The molecule has 0 saturated heterocycles. The van der Waals surface area contributed by atoms with E-state index in [0.29, 0.717) is 0 Å². The third-order valence-electron chi connectivity index (χ3n) is 8.73. The second-order valence-corrected chi connectivity index (χ2v) is 11.2. The number of hydrogen-bond donors (Lipinski definition) is 0. The first-order valence-corrected chi connectivity index (χ1v) is 13.7. The molecule has 3 aromatic carbocycles. The summed E-state index contributed by atoms with van der Waals surface area (Å²) in [5, 5.41) is 3.45. The molecule has 0 bridgehead atoms. The van der Waals surface area contributed by atoms with Crippen LogP contribution in [-0.4, -0.2) is 26.2 Å². The van der Waals surface area contributed by atoms with Crippen LogP contribution in [0.2, 0.25) is 5.02 Å². The summed E-state index contributed by atoms with van der Waals surface area (Å²) in [6.07, 6.45) is 9.38. The summed E-state index contributed by atoms with van der Waals surface area (Å²) >= 11 is 6.31. The molecule has 0 unspecified atom stereocenters. The maximum absolute atomic E-state index is 7.08. The van der Waals surface area contributed by atoms with Gasteiger partial charge in [0.15, 0.2) is 0 Å². The molecule has 36 heavy (non-hydrogen) atoms. The zero-order valence-corrected chi connectivity index (χ0v) is 23.8. The van der Waals surface area contributed by atoms with Gasteiger partial charge in [-0.25, -0.2) is 4.58 Å². The van der Waals surface area contributed by atoms with Gasteiger partial charge in [-0.15, -0.1) is 41.4 Å². The average molecular weight is 631 g/mol. The van der Waals surface area contributed by atoms with Crippen LogP contribution in [0.1, 0.15) is 59.1 Å². The summed E-state index contributed by atoms with van der Waals surface area (Å²) in [6, 6.07) is 14.5. The molecule has 0 radical (unpaired) electrons. The van der Waals surface area contributed by atoms with Crippen molar-refractivity contribution >= 4 is 22.9 Å². The van der Waals surface area contributed by atoms with Gasteiger partial charge in [-0.1, -0.05) is 17.7 Å². The smallest absolute Gasteiger partial charge is 0.210 e. The second-order valence-electron chi connectivity index (χ2n) is 10.8.